The van der Waals surface area contributed by atoms with Gasteiger partial charge in [-0.3, -0.25) is 10.1 Å². The fraction of sp³-hybridized carbons (Fsp3) is 0.593. The Labute approximate surface area is 204 Å². The highest BCUT2D eigenvalue weighted by Gasteiger charge is 2.28. The molecular formula is C27H42N4O3. The number of hydrogen-bond donors (Lipinski definition) is 3. The Morgan fingerprint density at radius 3 is 2.32 bits per heavy atom. The van der Waals surface area contributed by atoms with Crippen LogP contribution in [0.5, 0.6) is 5.75 Å². The number of methoxy groups -OCH3 is 1. The molecule has 34 heavy (non-hydrogen) atoms. The molecule has 1 atom stereocenters. The number of aliphatic hydroxyl groups is 1. The average molecular weight is 471 g/mol. The van der Waals surface area contributed by atoms with Crippen LogP contribution >= 0.6 is 0 Å². The van der Waals surface area contributed by atoms with Gasteiger partial charge >= 0.3 is 0 Å². The topological polar surface area (TPSA) is 80.8 Å². The smallest absolute Gasteiger partial charge is 0.252 e. The zero-order chi connectivity index (χ0) is 25.0. The second-order valence-electron chi connectivity index (χ2n) is 9.80. The molecular weight excluding hydrogens is 428 g/mol. The Morgan fingerprint density at radius 1 is 1.12 bits per heavy atom. The second kappa shape index (κ2) is 11.4. The molecule has 0 radical (unpaired) electrons. The van der Waals surface area contributed by atoms with Crippen LogP contribution in [0.4, 0.5) is 5.69 Å². The van der Waals surface area contributed by atoms with E-state index in [1.807, 2.05) is 26.0 Å². The minimum atomic E-state index is -0.919. The second-order valence-corrected chi connectivity index (χ2v) is 9.80. The zero-order valence-electron chi connectivity index (χ0n) is 21.9. The van der Waals surface area contributed by atoms with Crippen LogP contribution in [0.3, 0.4) is 0 Å². The Bertz CT molecular complexity index is 1030. The minimum Gasteiger partial charge on any atom is -0.497 e. The van der Waals surface area contributed by atoms with Gasteiger partial charge in [0.05, 0.1) is 7.11 Å². The molecule has 0 aliphatic heterocycles. The highest BCUT2D eigenvalue weighted by molar-refractivity contribution is 5.61. The van der Waals surface area contributed by atoms with Crippen LogP contribution in [0.15, 0.2) is 23.0 Å². The number of hydrogen-bond acceptors (Lipinski definition) is 6. The summed E-state index contributed by atoms with van der Waals surface area (Å²) in [5, 5.41) is 14.2. The molecule has 0 bridgehead atoms. The first-order valence-corrected chi connectivity index (χ1v) is 12.4. The lowest BCUT2D eigenvalue weighted by atomic mass is 9.88. The number of aliphatic hydroxyl groups excluding tert-OH is 1. The van der Waals surface area contributed by atoms with Crippen LogP contribution in [-0.4, -0.2) is 54.8 Å². The maximum absolute atomic E-state index is 12.4. The first kappa shape index (κ1) is 26.3. The summed E-state index contributed by atoms with van der Waals surface area (Å²) in [7, 11) is 5.99. The van der Waals surface area contributed by atoms with Gasteiger partial charge in [-0.25, -0.2) is 0 Å². The Hall–Kier alpha value is -2.35. The number of aryl methyl sites for hydroxylation is 2. The van der Waals surface area contributed by atoms with E-state index in [-0.39, 0.29) is 12.1 Å². The van der Waals surface area contributed by atoms with Gasteiger partial charge in [0.2, 0.25) is 0 Å². The fourth-order valence-electron chi connectivity index (χ4n) is 5.32. The number of nitrogens with one attached hydrogen (secondary N) is 2. The first-order valence-electron chi connectivity index (χ1n) is 12.4. The van der Waals surface area contributed by atoms with E-state index in [0.717, 1.165) is 53.2 Å². The number of benzene rings is 1. The van der Waals surface area contributed by atoms with Crippen LogP contribution in [0.2, 0.25) is 0 Å². The van der Waals surface area contributed by atoms with Crippen molar-refractivity contribution in [3.63, 3.8) is 0 Å². The van der Waals surface area contributed by atoms with Gasteiger partial charge < -0.3 is 24.6 Å². The molecule has 3 rings (SSSR count). The van der Waals surface area contributed by atoms with E-state index in [1.54, 1.807) is 7.11 Å². The maximum Gasteiger partial charge on any atom is 0.252 e. The highest BCUT2D eigenvalue weighted by Crippen LogP contribution is 2.36. The highest BCUT2D eigenvalue weighted by atomic mass is 16.5. The van der Waals surface area contributed by atoms with Crippen molar-refractivity contribution < 1.29 is 9.84 Å². The van der Waals surface area contributed by atoms with Crippen molar-refractivity contribution in [2.24, 2.45) is 0 Å². The number of anilines is 1. The van der Waals surface area contributed by atoms with Crippen LogP contribution in [0.25, 0.3) is 0 Å². The van der Waals surface area contributed by atoms with Crippen molar-refractivity contribution in [3.8, 4) is 5.75 Å². The molecule has 188 valence electrons. The van der Waals surface area contributed by atoms with E-state index < -0.39 is 6.23 Å². The fourth-order valence-corrected chi connectivity index (χ4v) is 5.32. The predicted molar refractivity (Wildman–Crippen MR) is 139 cm³/mol. The van der Waals surface area contributed by atoms with Crippen molar-refractivity contribution >= 4 is 5.69 Å². The largest absolute Gasteiger partial charge is 0.497 e. The van der Waals surface area contributed by atoms with Crippen LogP contribution in [0.1, 0.15) is 66.8 Å². The SMILES string of the molecule is CCN(c1cc(OC)cc(C(O)NCc2c(C)cc(C)[nH]c2=O)c1C)C1CCC(N(C)C)CC1. The molecule has 7 nitrogen and oxygen atoms in total. The lowest BCUT2D eigenvalue weighted by Gasteiger charge is -2.40. The van der Waals surface area contributed by atoms with E-state index in [0.29, 0.717) is 17.6 Å². The summed E-state index contributed by atoms with van der Waals surface area (Å²) in [6.45, 7) is 9.22. The van der Waals surface area contributed by atoms with Crippen molar-refractivity contribution in [3.05, 3.63) is 56.5 Å². The summed E-state index contributed by atoms with van der Waals surface area (Å²) in [5.41, 5.74) is 5.18. The van der Waals surface area contributed by atoms with E-state index >= 15 is 0 Å². The summed E-state index contributed by atoms with van der Waals surface area (Å²) in [6, 6.07) is 7.04. The van der Waals surface area contributed by atoms with Gasteiger partial charge in [0.15, 0.2) is 0 Å². The van der Waals surface area contributed by atoms with Crippen molar-refractivity contribution in [2.45, 2.75) is 78.2 Å². The van der Waals surface area contributed by atoms with Crippen molar-refractivity contribution in [1.29, 1.82) is 0 Å². The lowest BCUT2D eigenvalue weighted by Crippen LogP contribution is -2.42. The van der Waals surface area contributed by atoms with Crippen molar-refractivity contribution in [2.75, 3.05) is 32.6 Å². The molecule has 7 heteroatoms. The number of aromatic amines is 1. The van der Waals surface area contributed by atoms with E-state index in [2.05, 4.69) is 54.1 Å². The van der Waals surface area contributed by atoms with Crippen LogP contribution in [0, 0.1) is 20.8 Å². The molecule has 1 saturated carbocycles. The van der Waals surface area contributed by atoms with Gasteiger partial charge in [-0.05, 0) is 90.7 Å². The summed E-state index contributed by atoms with van der Waals surface area (Å²) in [4.78, 5) is 20.0. The standard InChI is InChI=1S/C27H42N4O3/c1-8-31(21-11-9-20(10-12-21)30(5)6)25-15-22(34-7)14-23(19(25)4)26(32)28-16-24-17(2)13-18(3)29-27(24)33/h13-15,20-21,26,28,32H,8-12,16H2,1-7H3,(H,29,33). The number of rotatable bonds is 9. The number of ether oxygens (including phenoxy) is 1. The number of H-pyrrole nitrogens is 1. The third-order valence-corrected chi connectivity index (χ3v) is 7.38. The van der Waals surface area contributed by atoms with E-state index in [1.165, 1.54) is 12.8 Å². The first-order chi connectivity index (χ1) is 16.2. The molecule has 0 saturated heterocycles. The predicted octanol–water partition coefficient (Wildman–Crippen LogP) is 3.79. The molecule has 1 aliphatic rings. The van der Waals surface area contributed by atoms with Gasteiger partial charge in [0, 0.05) is 53.7 Å². The number of pyridine rings is 1. The summed E-state index contributed by atoms with van der Waals surface area (Å²) >= 11 is 0. The molecule has 1 unspecified atom stereocenters. The van der Waals surface area contributed by atoms with E-state index in [4.69, 9.17) is 4.74 Å². The summed E-state index contributed by atoms with van der Waals surface area (Å²) < 4.78 is 5.62. The molecule has 1 aromatic carbocycles. The third kappa shape index (κ3) is 5.82. The Kier molecular flexibility index (Phi) is 8.79. The monoisotopic (exact) mass is 470 g/mol. The van der Waals surface area contributed by atoms with Gasteiger partial charge in [0.25, 0.3) is 5.56 Å². The third-order valence-electron chi connectivity index (χ3n) is 7.38. The average Bonchev–Trinajstić information content (AvgIpc) is 2.80. The van der Waals surface area contributed by atoms with Gasteiger partial charge in [-0.2, -0.15) is 0 Å². The van der Waals surface area contributed by atoms with Crippen molar-refractivity contribution in [1.82, 2.24) is 15.2 Å². The molecule has 3 N–H and O–H groups in total. The molecule has 1 heterocycles. The number of nitrogens with zero attached hydrogens (tertiary/aromatic N) is 2. The zero-order valence-corrected chi connectivity index (χ0v) is 21.9. The Morgan fingerprint density at radius 2 is 1.76 bits per heavy atom. The molecule has 1 aliphatic carbocycles. The van der Waals surface area contributed by atoms with Crippen LogP contribution < -0.4 is 20.5 Å². The molecule has 2 aromatic rings. The quantitative estimate of drug-likeness (QED) is 0.484. The molecule has 1 aromatic heterocycles. The maximum atomic E-state index is 12.4. The Balaban J connectivity index is 1.84. The number of aromatic nitrogens is 1. The minimum absolute atomic E-state index is 0.120. The van der Waals surface area contributed by atoms with Gasteiger partial charge in [0.1, 0.15) is 12.0 Å². The van der Waals surface area contributed by atoms with E-state index in [9.17, 15) is 9.90 Å². The molecule has 0 amide bonds. The van der Waals surface area contributed by atoms with Gasteiger partial charge in [-0.1, -0.05) is 0 Å². The molecule has 1 fully saturated rings. The van der Waals surface area contributed by atoms with Gasteiger partial charge in [-0.15, -0.1) is 0 Å². The van der Waals surface area contributed by atoms with Crippen LogP contribution in [-0.2, 0) is 6.54 Å². The lowest BCUT2D eigenvalue weighted by molar-refractivity contribution is 0.136. The normalized spacial score (nSPS) is 19.3. The molecule has 0 spiro atoms. The summed E-state index contributed by atoms with van der Waals surface area (Å²) in [5.74, 6) is 0.723. The summed E-state index contributed by atoms with van der Waals surface area (Å²) in [6.07, 6.45) is 3.77.